The van der Waals surface area contributed by atoms with Gasteiger partial charge in [0.05, 0.1) is 0 Å². The minimum Gasteiger partial charge on any atom is -0.398 e. The van der Waals surface area contributed by atoms with Gasteiger partial charge in [-0.2, -0.15) is 0 Å². The summed E-state index contributed by atoms with van der Waals surface area (Å²) in [6.45, 7) is 6.49. The highest BCUT2D eigenvalue weighted by Crippen LogP contribution is 2.35. The number of benzene rings is 1. The van der Waals surface area contributed by atoms with Crippen molar-refractivity contribution in [3.8, 4) is 0 Å². The van der Waals surface area contributed by atoms with E-state index in [1.54, 1.807) is 0 Å². The van der Waals surface area contributed by atoms with Crippen molar-refractivity contribution in [1.29, 1.82) is 0 Å². The highest BCUT2D eigenvalue weighted by atomic mass is 16.1. The van der Waals surface area contributed by atoms with Gasteiger partial charge in [0.15, 0.2) is 5.78 Å². The van der Waals surface area contributed by atoms with Gasteiger partial charge in [0.2, 0.25) is 0 Å². The zero-order valence-electron chi connectivity index (χ0n) is 11.6. The summed E-state index contributed by atoms with van der Waals surface area (Å²) in [7, 11) is 0. The van der Waals surface area contributed by atoms with Crippen molar-refractivity contribution in [3.05, 3.63) is 29.3 Å². The Bertz CT molecular complexity index is 452. The Morgan fingerprint density at radius 2 is 1.94 bits per heavy atom. The molecule has 0 saturated heterocycles. The SMILES string of the molecule is Cc1c(N)cccc1C(=O)C1CCC(C)C(C)C1. The van der Waals surface area contributed by atoms with Gasteiger partial charge in [0, 0.05) is 17.2 Å². The molecule has 0 aromatic heterocycles. The van der Waals surface area contributed by atoms with Gasteiger partial charge in [-0.3, -0.25) is 4.79 Å². The third-order valence-corrected chi connectivity index (χ3v) is 4.61. The maximum atomic E-state index is 12.6. The molecule has 0 spiro atoms. The quantitative estimate of drug-likeness (QED) is 0.635. The van der Waals surface area contributed by atoms with E-state index in [9.17, 15) is 4.79 Å². The minimum atomic E-state index is 0.191. The Kier molecular flexibility index (Phi) is 3.74. The van der Waals surface area contributed by atoms with E-state index in [1.807, 2.05) is 25.1 Å². The van der Waals surface area contributed by atoms with E-state index in [4.69, 9.17) is 5.73 Å². The second kappa shape index (κ2) is 5.13. The van der Waals surface area contributed by atoms with Crippen molar-refractivity contribution in [1.82, 2.24) is 0 Å². The second-order valence-corrected chi connectivity index (χ2v) is 5.85. The number of carbonyl (C=O) groups is 1. The third-order valence-electron chi connectivity index (χ3n) is 4.61. The third kappa shape index (κ3) is 2.43. The van der Waals surface area contributed by atoms with E-state index in [2.05, 4.69) is 13.8 Å². The zero-order chi connectivity index (χ0) is 13.3. The van der Waals surface area contributed by atoms with Crippen LogP contribution >= 0.6 is 0 Å². The maximum absolute atomic E-state index is 12.6. The van der Waals surface area contributed by atoms with Crippen LogP contribution in [0.3, 0.4) is 0 Å². The summed E-state index contributed by atoms with van der Waals surface area (Å²) in [4.78, 5) is 12.6. The first-order chi connectivity index (χ1) is 8.50. The predicted molar refractivity (Wildman–Crippen MR) is 75.6 cm³/mol. The van der Waals surface area contributed by atoms with Crippen LogP contribution < -0.4 is 5.73 Å². The molecule has 1 aliphatic rings. The lowest BCUT2D eigenvalue weighted by Crippen LogP contribution is -2.27. The van der Waals surface area contributed by atoms with Gasteiger partial charge in [-0.1, -0.05) is 26.0 Å². The van der Waals surface area contributed by atoms with E-state index >= 15 is 0 Å². The monoisotopic (exact) mass is 245 g/mol. The second-order valence-electron chi connectivity index (χ2n) is 5.85. The molecule has 2 rings (SSSR count). The molecule has 18 heavy (non-hydrogen) atoms. The Morgan fingerprint density at radius 3 is 2.61 bits per heavy atom. The van der Waals surface area contributed by atoms with Gasteiger partial charge >= 0.3 is 0 Å². The molecule has 0 bridgehead atoms. The molecule has 1 fully saturated rings. The molecule has 3 atom stereocenters. The van der Waals surface area contributed by atoms with Gasteiger partial charge < -0.3 is 5.73 Å². The number of ketones is 1. The molecule has 2 N–H and O–H groups in total. The lowest BCUT2D eigenvalue weighted by atomic mass is 9.73. The van der Waals surface area contributed by atoms with Crippen molar-refractivity contribution >= 4 is 11.5 Å². The standard InChI is InChI=1S/C16H23NO/c1-10-7-8-13(9-11(10)2)16(18)14-5-4-6-15(17)12(14)3/h4-6,10-11,13H,7-9,17H2,1-3H3. The first-order valence-electron chi connectivity index (χ1n) is 6.90. The number of rotatable bonds is 2. The fourth-order valence-corrected chi connectivity index (χ4v) is 2.93. The van der Waals surface area contributed by atoms with Crippen molar-refractivity contribution < 1.29 is 4.79 Å². The summed E-state index contributed by atoms with van der Waals surface area (Å²) in [6, 6.07) is 5.65. The van der Waals surface area contributed by atoms with E-state index in [0.717, 1.165) is 35.6 Å². The smallest absolute Gasteiger partial charge is 0.166 e. The van der Waals surface area contributed by atoms with Crippen molar-refractivity contribution in [2.24, 2.45) is 17.8 Å². The molecule has 0 heterocycles. The van der Waals surface area contributed by atoms with Crippen molar-refractivity contribution in [3.63, 3.8) is 0 Å². The first-order valence-corrected chi connectivity index (χ1v) is 6.90. The molecule has 2 nitrogen and oxygen atoms in total. The topological polar surface area (TPSA) is 43.1 Å². The molecule has 1 aromatic carbocycles. The minimum absolute atomic E-state index is 0.191. The van der Waals surface area contributed by atoms with Crippen LogP contribution in [-0.2, 0) is 0 Å². The van der Waals surface area contributed by atoms with Gasteiger partial charge in [-0.05, 0) is 49.7 Å². The summed E-state index contributed by atoms with van der Waals surface area (Å²) < 4.78 is 0. The lowest BCUT2D eigenvalue weighted by molar-refractivity contribution is 0.0837. The Balaban J connectivity index is 2.19. The van der Waals surface area contributed by atoms with Gasteiger partial charge in [0.25, 0.3) is 0 Å². The largest absolute Gasteiger partial charge is 0.398 e. The molecular formula is C16H23NO. The molecular weight excluding hydrogens is 222 g/mol. The summed E-state index contributed by atoms with van der Waals surface area (Å²) in [5.41, 5.74) is 8.37. The molecule has 2 heteroatoms. The molecule has 1 aliphatic carbocycles. The average Bonchev–Trinajstić information content (AvgIpc) is 2.35. The number of hydrogen-bond donors (Lipinski definition) is 1. The fourth-order valence-electron chi connectivity index (χ4n) is 2.93. The number of nitrogen functional groups attached to an aromatic ring is 1. The van der Waals surface area contributed by atoms with E-state index < -0.39 is 0 Å². The molecule has 0 radical (unpaired) electrons. The number of nitrogens with two attached hydrogens (primary N) is 1. The number of hydrogen-bond acceptors (Lipinski definition) is 2. The summed E-state index contributed by atoms with van der Waals surface area (Å²) >= 11 is 0. The van der Waals surface area contributed by atoms with Crippen LogP contribution in [-0.4, -0.2) is 5.78 Å². The van der Waals surface area contributed by atoms with Crippen LogP contribution in [0.25, 0.3) is 0 Å². The van der Waals surface area contributed by atoms with E-state index in [-0.39, 0.29) is 5.92 Å². The van der Waals surface area contributed by atoms with Crippen LogP contribution in [0.15, 0.2) is 18.2 Å². The number of anilines is 1. The molecule has 98 valence electrons. The Hall–Kier alpha value is -1.31. The van der Waals surface area contributed by atoms with Gasteiger partial charge in [-0.25, -0.2) is 0 Å². The average molecular weight is 245 g/mol. The predicted octanol–water partition coefficient (Wildman–Crippen LogP) is 3.83. The first kappa shape index (κ1) is 13.1. The lowest BCUT2D eigenvalue weighted by Gasteiger charge is -2.31. The number of Topliss-reactive ketones (excluding diaryl/α,β-unsaturated/α-hetero) is 1. The van der Waals surface area contributed by atoms with Gasteiger partial charge in [-0.15, -0.1) is 0 Å². The van der Waals surface area contributed by atoms with E-state index in [0.29, 0.717) is 11.7 Å². The maximum Gasteiger partial charge on any atom is 0.166 e. The molecule has 0 aliphatic heterocycles. The fraction of sp³-hybridized carbons (Fsp3) is 0.562. The highest BCUT2D eigenvalue weighted by Gasteiger charge is 2.30. The summed E-state index contributed by atoms with van der Waals surface area (Å²) in [6.07, 6.45) is 3.21. The summed E-state index contributed by atoms with van der Waals surface area (Å²) in [5, 5.41) is 0. The molecule has 0 amide bonds. The van der Waals surface area contributed by atoms with Crippen LogP contribution in [0.1, 0.15) is 49.0 Å². The molecule has 1 aromatic rings. The Morgan fingerprint density at radius 1 is 1.22 bits per heavy atom. The zero-order valence-corrected chi connectivity index (χ0v) is 11.6. The van der Waals surface area contributed by atoms with Crippen molar-refractivity contribution in [2.75, 3.05) is 5.73 Å². The van der Waals surface area contributed by atoms with E-state index in [1.165, 1.54) is 6.42 Å². The van der Waals surface area contributed by atoms with Crippen LogP contribution in [0, 0.1) is 24.7 Å². The van der Waals surface area contributed by atoms with Crippen LogP contribution in [0.4, 0.5) is 5.69 Å². The Labute approximate surface area is 110 Å². The van der Waals surface area contributed by atoms with Crippen molar-refractivity contribution in [2.45, 2.75) is 40.0 Å². The van der Waals surface area contributed by atoms with Crippen LogP contribution in [0.2, 0.25) is 0 Å². The summed E-state index contributed by atoms with van der Waals surface area (Å²) in [5.74, 6) is 1.88. The van der Waals surface area contributed by atoms with Gasteiger partial charge in [0.1, 0.15) is 0 Å². The normalized spacial score (nSPS) is 28.1. The number of carbonyl (C=O) groups excluding carboxylic acids is 1. The molecule has 3 unspecified atom stereocenters. The van der Waals surface area contributed by atoms with Crippen LogP contribution in [0.5, 0.6) is 0 Å². The molecule has 1 saturated carbocycles. The highest BCUT2D eigenvalue weighted by molar-refractivity contribution is 6.00.